The van der Waals surface area contributed by atoms with Gasteiger partial charge in [0.1, 0.15) is 11.6 Å². The monoisotopic (exact) mass is 316 g/mol. The van der Waals surface area contributed by atoms with Crippen LogP contribution in [0.3, 0.4) is 0 Å². The summed E-state index contributed by atoms with van der Waals surface area (Å²) in [4.78, 5) is 23.0. The molecule has 0 fully saturated rings. The molecule has 0 spiro atoms. The summed E-state index contributed by atoms with van der Waals surface area (Å²) in [7, 11) is 1.47. The van der Waals surface area contributed by atoms with Crippen molar-refractivity contribution in [3.63, 3.8) is 0 Å². The third-order valence-electron chi connectivity index (χ3n) is 3.08. The van der Waals surface area contributed by atoms with Gasteiger partial charge in [-0.3, -0.25) is 9.59 Å². The van der Waals surface area contributed by atoms with E-state index in [4.69, 9.17) is 4.74 Å². The Bertz CT molecular complexity index is 714. The van der Waals surface area contributed by atoms with Crippen LogP contribution in [0, 0.1) is 5.82 Å². The minimum Gasteiger partial charge on any atom is -0.496 e. The van der Waals surface area contributed by atoms with E-state index in [2.05, 4.69) is 10.6 Å². The van der Waals surface area contributed by atoms with E-state index in [9.17, 15) is 14.0 Å². The standard InChI is InChI=1S/C17H17FN2O3/c1-11(21)19-14-4-6-15(7-5-14)20-17(22)10-12-9-13(18)3-8-16(12)23-2/h3-9H,10H2,1-2H3,(H,19,21)(H,20,22). The zero-order valence-corrected chi connectivity index (χ0v) is 12.9. The number of hydrogen-bond donors (Lipinski definition) is 2. The molecular weight excluding hydrogens is 299 g/mol. The molecule has 0 saturated heterocycles. The van der Waals surface area contributed by atoms with Crippen molar-refractivity contribution in [2.24, 2.45) is 0 Å². The molecule has 0 aliphatic heterocycles. The molecule has 2 rings (SSSR count). The third kappa shape index (κ3) is 4.81. The van der Waals surface area contributed by atoms with E-state index < -0.39 is 5.82 Å². The van der Waals surface area contributed by atoms with Gasteiger partial charge in [-0.1, -0.05) is 0 Å². The van der Waals surface area contributed by atoms with Crippen LogP contribution in [-0.2, 0) is 16.0 Å². The summed E-state index contributed by atoms with van der Waals surface area (Å²) < 4.78 is 18.4. The predicted octanol–water partition coefficient (Wildman–Crippen LogP) is 2.97. The fourth-order valence-corrected chi connectivity index (χ4v) is 2.10. The molecule has 0 atom stereocenters. The van der Waals surface area contributed by atoms with Gasteiger partial charge in [0, 0.05) is 23.9 Å². The van der Waals surface area contributed by atoms with Crippen molar-refractivity contribution in [2.75, 3.05) is 17.7 Å². The van der Waals surface area contributed by atoms with E-state index in [1.807, 2.05) is 0 Å². The fourth-order valence-electron chi connectivity index (χ4n) is 2.10. The molecule has 0 aliphatic carbocycles. The number of methoxy groups -OCH3 is 1. The Morgan fingerprint density at radius 3 is 2.22 bits per heavy atom. The maximum absolute atomic E-state index is 13.3. The Kier molecular flexibility index (Phi) is 5.30. The summed E-state index contributed by atoms with van der Waals surface area (Å²) in [6, 6.07) is 10.7. The van der Waals surface area contributed by atoms with Crippen molar-refractivity contribution in [1.29, 1.82) is 0 Å². The summed E-state index contributed by atoms with van der Waals surface area (Å²) in [6.07, 6.45) is -0.00557. The Balaban J connectivity index is 2.02. The number of ether oxygens (including phenoxy) is 1. The highest BCUT2D eigenvalue weighted by molar-refractivity contribution is 5.93. The van der Waals surface area contributed by atoms with E-state index >= 15 is 0 Å². The van der Waals surface area contributed by atoms with Gasteiger partial charge in [0.05, 0.1) is 13.5 Å². The molecule has 2 N–H and O–H groups in total. The van der Waals surface area contributed by atoms with Gasteiger partial charge in [-0.2, -0.15) is 0 Å². The van der Waals surface area contributed by atoms with Gasteiger partial charge in [0.15, 0.2) is 0 Å². The van der Waals surface area contributed by atoms with Crippen LogP contribution in [0.15, 0.2) is 42.5 Å². The van der Waals surface area contributed by atoms with Crippen molar-refractivity contribution < 1.29 is 18.7 Å². The zero-order valence-electron chi connectivity index (χ0n) is 12.9. The Labute approximate surface area is 133 Å². The van der Waals surface area contributed by atoms with Crippen molar-refractivity contribution in [3.8, 4) is 5.75 Å². The number of nitrogens with one attached hydrogen (secondary N) is 2. The average Bonchev–Trinajstić information content (AvgIpc) is 2.49. The lowest BCUT2D eigenvalue weighted by atomic mass is 10.1. The molecular formula is C17H17FN2O3. The lowest BCUT2D eigenvalue weighted by Gasteiger charge is -2.10. The Hall–Kier alpha value is -2.89. The van der Waals surface area contributed by atoms with E-state index in [0.717, 1.165) is 0 Å². The molecule has 0 heterocycles. The smallest absolute Gasteiger partial charge is 0.228 e. The largest absolute Gasteiger partial charge is 0.496 e. The van der Waals surface area contributed by atoms with Gasteiger partial charge < -0.3 is 15.4 Å². The minimum absolute atomic E-state index is 0.00557. The maximum Gasteiger partial charge on any atom is 0.228 e. The number of hydrogen-bond acceptors (Lipinski definition) is 3. The van der Waals surface area contributed by atoms with E-state index in [-0.39, 0.29) is 18.2 Å². The molecule has 2 aromatic rings. The summed E-state index contributed by atoms with van der Waals surface area (Å²) in [6.45, 7) is 1.42. The number of benzene rings is 2. The zero-order chi connectivity index (χ0) is 16.8. The molecule has 23 heavy (non-hydrogen) atoms. The number of carbonyl (C=O) groups is 2. The second kappa shape index (κ2) is 7.40. The molecule has 2 aromatic carbocycles. The summed E-state index contributed by atoms with van der Waals surface area (Å²) in [5.74, 6) is -0.419. The van der Waals surface area contributed by atoms with E-state index in [1.54, 1.807) is 24.3 Å². The highest BCUT2D eigenvalue weighted by Crippen LogP contribution is 2.20. The first kappa shape index (κ1) is 16.5. The molecule has 0 aromatic heterocycles. The summed E-state index contributed by atoms with van der Waals surface area (Å²) >= 11 is 0. The molecule has 5 nitrogen and oxygen atoms in total. The molecule has 0 radical (unpaired) electrons. The van der Waals surface area contributed by atoms with Crippen LogP contribution in [0.4, 0.5) is 15.8 Å². The van der Waals surface area contributed by atoms with Crippen molar-refractivity contribution in [1.82, 2.24) is 0 Å². The van der Waals surface area contributed by atoms with Gasteiger partial charge in [0.25, 0.3) is 0 Å². The van der Waals surface area contributed by atoms with Gasteiger partial charge in [-0.25, -0.2) is 4.39 Å². The van der Waals surface area contributed by atoms with Crippen LogP contribution in [0.2, 0.25) is 0 Å². The molecule has 2 amide bonds. The quantitative estimate of drug-likeness (QED) is 0.891. The van der Waals surface area contributed by atoms with Crippen molar-refractivity contribution in [3.05, 3.63) is 53.8 Å². The van der Waals surface area contributed by atoms with Gasteiger partial charge in [-0.05, 0) is 42.5 Å². The lowest BCUT2D eigenvalue weighted by Crippen LogP contribution is -2.15. The minimum atomic E-state index is -0.423. The normalized spacial score (nSPS) is 10.0. The second-order valence-electron chi connectivity index (χ2n) is 4.94. The van der Waals surface area contributed by atoms with Crippen molar-refractivity contribution in [2.45, 2.75) is 13.3 Å². The highest BCUT2D eigenvalue weighted by Gasteiger charge is 2.10. The first-order chi connectivity index (χ1) is 11.0. The number of amides is 2. The fraction of sp³-hybridized carbons (Fsp3) is 0.176. The molecule has 0 unspecified atom stereocenters. The van der Waals surface area contributed by atoms with E-state index in [0.29, 0.717) is 22.7 Å². The number of carbonyl (C=O) groups excluding carboxylic acids is 2. The number of rotatable bonds is 5. The van der Waals surface area contributed by atoms with Crippen LogP contribution < -0.4 is 15.4 Å². The first-order valence-corrected chi connectivity index (χ1v) is 6.98. The van der Waals surface area contributed by atoms with Crippen molar-refractivity contribution >= 4 is 23.2 Å². The molecule has 120 valence electrons. The van der Waals surface area contributed by atoms with Gasteiger partial charge in [-0.15, -0.1) is 0 Å². The Morgan fingerprint density at radius 2 is 1.65 bits per heavy atom. The topological polar surface area (TPSA) is 67.4 Å². The predicted molar refractivity (Wildman–Crippen MR) is 86.0 cm³/mol. The second-order valence-corrected chi connectivity index (χ2v) is 4.94. The SMILES string of the molecule is COc1ccc(F)cc1CC(=O)Nc1ccc(NC(C)=O)cc1. The molecule has 6 heteroatoms. The van der Waals surface area contributed by atoms with E-state index in [1.165, 1.54) is 32.2 Å². The number of anilines is 2. The summed E-state index contributed by atoms with van der Waals surface area (Å²) in [5, 5.41) is 5.35. The van der Waals surface area contributed by atoms with Crippen LogP contribution >= 0.6 is 0 Å². The summed E-state index contributed by atoms with van der Waals surface area (Å²) in [5.41, 5.74) is 1.70. The molecule has 0 saturated carbocycles. The lowest BCUT2D eigenvalue weighted by molar-refractivity contribution is -0.116. The first-order valence-electron chi connectivity index (χ1n) is 6.98. The maximum atomic E-state index is 13.3. The van der Waals surface area contributed by atoms with Gasteiger partial charge in [0.2, 0.25) is 11.8 Å². The molecule has 0 bridgehead atoms. The highest BCUT2D eigenvalue weighted by atomic mass is 19.1. The average molecular weight is 316 g/mol. The number of halogens is 1. The third-order valence-corrected chi connectivity index (χ3v) is 3.08. The van der Waals surface area contributed by atoms with Crippen LogP contribution in [0.1, 0.15) is 12.5 Å². The van der Waals surface area contributed by atoms with Crippen LogP contribution in [0.25, 0.3) is 0 Å². The Morgan fingerprint density at radius 1 is 1.04 bits per heavy atom. The molecule has 0 aliphatic rings. The van der Waals surface area contributed by atoms with Crippen LogP contribution in [0.5, 0.6) is 5.75 Å². The van der Waals surface area contributed by atoms with Gasteiger partial charge >= 0.3 is 0 Å². The van der Waals surface area contributed by atoms with Crippen LogP contribution in [-0.4, -0.2) is 18.9 Å².